The Labute approximate surface area is 135 Å². The van der Waals surface area contributed by atoms with Crippen LogP contribution in [0.3, 0.4) is 0 Å². The Bertz CT molecular complexity index is 525. The lowest BCUT2D eigenvalue weighted by atomic mass is 9.77. The van der Waals surface area contributed by atoms with Crippen LogP contribution in [0.2, 0.25) is 0 Å². The summed E-state index contributed by atoms with van der Waals surface area (Å²) in [5.41, 5.74) is 6.65. The number of anilines is 1. The zero-order valence-corrected chi connectivity index (χ0v) is 14.6. The first kappa shape index (κ1) is 16.3. The third kappa shape index (κ3) is 3.96. The minimum atomic E-state index is -0.00383. The maximum absolute atomic E-state index is 12.7. The highest BCUT2D eigenvalue weighted by atomic mass is 79.9. The van der Waals surface area contributed by atoms with Gasteiger partial charge in [-0.1, -0.05) is 20.8 Å². The van der Waals surface area contributed by atoms with E-state index in [9.17, 15) is 4.79 Å². The summed E-state index contributed by atoms with van der Waals surface area (Å²) < 4.78 is 0.780. The Balaban J connectivity index is 2.12. The minimum absolute atomic E-state index is 0.00383. The molecule has 1 aliphatic rings. The second-order valence-corrected chi connectivity index (χ2v) is 7.79. The molecule has 4 nitrogen and oxygen atoms in total. The van der Waals surface area contributed by atoms with E-state index in [1.165, 1.54) is 6.42 Å². The molecule has 0 aromatic carbocycles. The number of carbonyl (C=O) groups is 1. The predicted octanol–water partition coefficient (Wildman–Crippen LogP) is 3.71. The first-order chi connectivity index (χ1) is 9.79. The number of carbonyl (C=O) groups excluding carboxylic acids is 1. The Hall–Kier alpha value is -1.10. The molecule has 0 bridgehead atoms. The molecule has 0 saturated carbocycles. The largest absolute Gasteiger partial charge is 0.383 e. The predicted molar refractivity (Wildman–Crippen MR) is 89.0 cm³/mol. The van der Waals surface area contributed by atoms with Crippen LogP contribution in [0, 0.1) is 11.3 Å². The second kappa shape index (κ2) is 6.34. The quantitative estimate of drug-likeness (QED) is 0.836. The molecule has 1 aromatic heterocycles. The summed E-state index contributed by atoms with van der Waals surface area (Å²) >= 11 is 3.35. The number of amides is 1. The summed E-state index contributed by atoms with van der Waals surface area (Å²) in [6.45, 7) is 8.45. The third-order valence-corrected chi connectivity index (χ3v) is 4.79. The van der Waals surface area contributed by atoms with E-state index in [0.29, 0.717) is 22.7 Å². The number of halogens is 1. The lowest BCUT2D eigenvalue weighted by Crippen LogP contribution is -2.33. The minimum Gasteiger partial charge on any atom is -0.383 e. The van der Waals surface area contributed by atoms with Gasteiger partial charge in [-0.2, -0.15) is 0 Å². The van der Waals surface area contributed by atoms with Gasteiger partial charge in [-0.3, -0.25) is 4.79 Å². The van der Waals surface area contributed by atoms with E-state index in [2.05, 4.69) is 41.7 Å². The first-order valence-corrected chi connectivity index (χ1v) is 8.28. The van der Waals surface area contributed by atoms with Crippen LogP contribution < -0.4 is 5.73 Å². The number of hydrogen-bond acceptors (Lipinski definition) is 3. The van der Waals surface area contributed by atoms with E-state index < -0.39 is 0 Å². The van der Waals surface area contributed by atoms with Gasteiger partial charge in [0.05, 0.1) is 5.56 Å². The highest BCUT2D eigenvalue weighted by Gasteiger charge is 2.29. The van der Waals surface area contributed by atoms with E-state index in [4.69, 9.17) is 5.73 Å². The Kier molecular flexibility index (Phi) is 4.91. The van der Waals surface area contributed by atoms with Crippen molar-refractivity contribution in [3.05, 3.63) is 22.3 Å². The zero-order valence-electron chi connectivity index (χ0n) is 13.0. The van der Waals surface area contributed by atoms with Crippen molar-refractivity contribution in [1.82, 2.24) is 9.88 Å². The van der Waals surface area contributed by atoms with Crippen molar-refractivity contribution in [2.24, 2.45) is 11.3 Å². The Morgan fingerprint density at radius 1 is 1.38 bits per heavy atom. The smallest absolute Gasteiger partial charge is 0.257 e. The number of rotatable bonds is 1. The molecule has 0 spiro atoms. The van der Waals surface area contributed by atoms with Crippen LogP contribution in [0.1, 0.15) is 50.4 Å². The average Bonchev–Trinajstić information content (AvgIpc) is 2.66. The second-order valence-electron chi connectivity index (χ2n) is 6.87. The molecule has 116 valence electrons. The molecule has 2 N–H and O–H groups in total. The lowest BCUT2D eigenvalue weighted by molar-refractivity contribution is 0.0756. The van der Waals surface area contributed by atoms with Crippen LogP contribution in [0.4, 0.5) is 5.82 Å². The van der Waals surface area contributed by atoms with Crippen LogP contribution in [-0.2, 0) is 0 Å². The van der Waals surface area contributed by atoms with E-state index in [1.807, 2.05) is 4.90 Å². The van der Waals surface area contributed by atoms with Gasteiger partial charge in [0.25, 0.3) is 5.91 Å². The molecular formula is C16H24BrN3O. The lowest BCUT2D eigenvalue weighted by Gasteiger charge is -2.29. The monoisotopic (exact) mass is 353 g/mol. The molecule has 2 rings (SSSR count). The summed E-state index contributed by atoms with van der Waals surface area (Å²) in [5.74, 6) is 0.962. The fourth-order valence-electron chi connectivity index (χ4n) is 2.96. The van der Waals surface area contributed by atoms with Gasteiger partial charge < -0.3 is 10.6 Å². The van der Waals surface area contributed by atoms with E-state index in [0.717, 1.165) is 30.4 Å². The number of hydrogen-bond donors (Lipinski definition) is 1. The Morgan fingerprint density at radius 2 is 2.10 bits per heavy atom. The number of nitrogen functional groups attached to an aromatic ring is 1. The van der Waals surface area contributed by atoms with Gasteiger partial charge >= 0.3 is 0 Å². The normalized spacial score (nSPS) is 20.2. The van der Waals surface area contributed by atoms with Crippen LogP contribution in [0.15, 0.2) is 16.7 Å². The number of pyridine rings is 1. The van der Waals surface area contributed by atoms with E-state index in [-0.39, 0.29) is 5.91 Å². The van der Waals surface area contributed by atoms with E-state index >= 15 is 0 Å². The van der Waals surface area contributed by atoms with Gasteiger partial charge in [0.1, 0.15) is 5.82 Å². The van der Waals surface area contributed by atoms with Crippen molar-refractivity contribution in [1.29, 1.82) is 0 Å². The molecule has 5 heteroatoms. The summed E-state index contributed by atoms with van der Waals surface area (Å²) in [7, 11) is 0. The zero-order chi connectivity index (χ0) is 15.6. The summed E-state index contributed by atoms with van der Waals surface area (Å²) in [4.78, 5) is 18.6. The fourth-order valence-corrected chi connectivity index (χ4v) is 3.29. The molecule has 1 aromatic rings. The first-order valence-electron chi connectivity index (χ1n) is 7.49. The summed E-state index contributed by atoms with van der Waals surface area (Å²) in [6, 6.07) is 1.76. The fraction of sp³-hybridized carbons (Fsp3) is 0.625. The standard InChI is InChI=1S/C16H24BrN3O/c1-16(2,3)11-5-4-7-20(8-6-11)15(21)13-9-12(17)10-19-14(13)18/h9-11H,4-8H2,1-3H3,(H2,18,19). The van der Waals surface area contributed by atoms with Crippen molar-refractivity contribution >= 4 is 27.7 Å². The molecule has 1 saturated heterocycles. The van der Waals surface area contributed by atoms with Crippen LogP contribution in [0.5, 0.6) is 0 Å². The van der Waals surface area contributed by atoms with Crippen molar-refractivity contribution in [2.75, 3.05) is 18.8 Å². The Morgan fingerprint density at radius 3 is 2.76 bits per heavy atom. The van der Waals surface area contributed by atoms with Crippen molar-refractivity contribution < 1.29 is 4.79 Å². The maximum Gasteiger partial charge on any atom is 0.257 e. The highest BCUT2D eigenvalue weighted by Crippen LogP contribution is 2.34. The number of aromatic nitrogens is 1. The van der Waals surface area contributed by atoms with Gasteiger partial charge in [-0.05, 0) is 52.6 Å². The molecule has 2 heterocycles. The van der Waals surface area contributed by atoms with Crippen molar-refractivity contribution in [2.45, 2.75) is 40.0 Å². The van der Waals surface area contributed by atoms with Gasteiger partial charge in [0, 0.05) is 23.8 Å². The number of nitrogens with two attached hydrogens (primary N) is 1. The topological polar surface area (TPSA) is 59.2 Å². The number of nitrogens with zero attached hydrogens (tertiary/aromatic N) is 2. The average molecular weight is 354 g/mol. The van der Waals surface area contributed by atoms with Crippen molar-refractivity contribution in [3.8, 4) is 0 Å². The van der Waals surface area contributed by atoms with Crippen LogP contribution >= 0.6 is 15.9 Å². The van der Waals surface area contributed by atoms with Gasteiger partial charge in [0.15, 0.2) is 0 Å². The molecule has 21 heavy (non-hydrogen) atoms. The van der Waals surface area contributed by atoms with Gasteiger partial charge in [0.2, 0.25) is 0 Å². The summed E-state index contributed by atoms with van der Waals surface area (Å²) in [5, 5.41) is 0. The maximum atomic E-state index is 12.7. The van der Waals surface area contributed by atoms with E-state index in [1.54, 1.807) is 12.3 Å². The SMILES string of the molecule is CC(C)(C)C1CCCN(C(=O)c2cc(Br)cnc2N)CC1. The van der Waals surface area contributed by atoms with Crippen LogP contribution in [-0.4, -0.2) is 28.9 Å². The molecule has 1 unspecified atom stereocenters. The molecule has 1 amide bonds. The van der Waals surface area contributed by atoms with Crippen LogP contribution in [0.25, 0.3) is 0 Å². The molecule has 1 atom stereocenters. The molecule has 1 fully saturated rings. The molecule has 0 aliphatic carbocycles. The van der Waals surface area contributed by atoms with Gasteiger partial charge in [-0.25, -0.2) is 4.98 Å². The highest BCUT2D eigenvalue weighted by molar-refractivity contribution is 9.10. The molecule has 1 aliphatic heterocycles. The van der Waals surface area contributed by atoms with Crippen molar-refractivity contribution in [3.63, 3.8) is 0 Å². The molecular weight excluding hydrogens is 330 g/mol. The summed E-state index contributed by atoms with van der Waals surface area (Å²) in [6.07, 6.45) is 4.90. The molecule has 0 radical (unpaired) electrons. The van der Waals surface area contributed by atoms with Gasteiger partial charge in [-0.15, -0.1) is 0 Å². The third-order valence-electron chi connectivity index (χ3n) is 4.36. The number of likely N-dealkylation sites (tertiary alicyclic amines) is 1.